The molecule has 1 atom stereocenters. The number of likely N-dealkylation sites (tertiary alicyclic amines) is 1. The van der Waals surface area contributed by atoms with Gasteiger partial charge in [0, 0.05) is 37.3 Å². The van der Waals surface area contributed by atoms with Gasteiger partial charge in [-0.05, 0) is 57.2 Å². The van der Waals surface area contributed by atoms with Gasteiger partial charge in [-0.3, -0.25) is 14.4 Å². The second-order valence-corrected chi connectivity index (χ2v) is 7.79. The number of nitrogens with zero attached hydrogens (tertiary/aromatic N) is 3. The van der Waals surface area contributed by atoms with Crippen molar-refractivity contribution < 1.29 is 9.18 Å². The van der Waals surface area contributed by atoms with Crippen LogP contribution in [0.3, 0.4) is 0 Å². The molecule has 1 saturated heterocycles. The van der Waals surface area contributed by atoms with E-state index in [0.29, 0.717) is 12.3 Å². The first-order valence-electron chi connectivity index (χ1n) is 10.3. The van der Waals surface area contributed by atoms with Crippen LogP contribution < -0.4 is 5.32 Å². The average molecular weight is 387 g/mol. The lowest BCUT2D eigenvalue weighted by molar-refractivity contribution is -0.116. The number of amides is 1. The lowest BCUT2D eigenvalue weighted by atomic mass is 9.93. The largest absolute Gasteiger partial charge is 0.324 e. The van der Waals surface area contributed by atoms with E-state index in [2.05, 4.69) is 33.8 Å². The Morgan fingerprint density at radius 2 is 2.18 bits per heavy atom. The van der Waals surface area contributed by atoms with Crippen LogP contribution in [0.2, 0.25) is 0 Å². The Morgan fingerprint density at radius 1 is 1.36 bits per heavy atom. The summed E-state index contributed by atoms with van der Waals surface area (Å²) in [4.78, 5) is 14.7. The Kier molecular flexibility index (Phi) is 7.20. The Balaban J connectivity index is 1.47. The molecular weight excluding hydrogens is 355 g/mol. The van der Waals surface area contributed by atoms with Crippen LogP contribution in [0.5, 0.6) is 0 Å². The number of para-hydroxylation sites is 1. The number of nitrogens with one attached hydrogen (secondary N) is 1. The van der Waals surface area contributed by atoms with Crippen molar-refractivity contribution in [2.75, 3.05) is 18.4 Å². The maximum absolute atomic E-state index is 13.7. The predicted octanol–water partition coefficient (Wildman–Crippen LogP) is 4.37. The number of aryl methyl sites for hydroxylation is 1. The average Bonchev–Trinajstić information content (AvgIpc) is 3.02. The fraction of sp³-hybridized carbons (Fsp3) is 0.545. The molecule has 1 amide bonds. The molecule has 5 nitrogen and oxygen atoms in total. The first-order chi connectivity index (χ1) is 13.6. The summed E-state index contributed by atoms with van der Waals surface area (Å²) >= 11 is 0. The van der Waals surface area contributed by atoms with E-state index in [9.17, 15) is 9.18 Å². The van der Waals surface area contributed by atoms with Crippen LogP contribution in [0.15, 0.2) is 30.5 Å². The van der Waals surface area contributed by atoms with Crippen molar-refractivity contribution in [2.24, 2.45) is 5.92 Å². The molecule has 2 aromatic rings. The third-order valence-electron chi connectivity index (χ3n) is 5.56. The molecule has 0 radical (unpaired) electrons. The standard InChI is InChI=1S/C22H31FN4O/c1-3-12-27-17(2)19(14-24-27)16-26-13-6-7-18(15-26)10-11-22(28)25-21-9-5-4-8-20(21)23/h4-5,8-9,14,18H,3,6-7,10-13,15-16H2,1-2H3,(H,25,28). The molecular formula is C22H31FN4O. The highest BCUT2D eigenvalue weighted by atomic mass is 19.1. The molecule has 1 aliphatic heterocycles. The van der Waals surface area contributed by atoms with E-state index in [-0.39, 0.29) is 11.6 Å². The number of benzene rings is 1. The third kappa shape index (κ3) is 5.41. The van der Waals surface area contributed by atoms with Crippen LogP contribution in [-0.2, 0) is 17.9 Å². The first kappa shape index (κ1) is 20.5. The van der Waals surface area contributed by atoms with Crippen molar-refractivity contribution in [3.63, 3.8) is 0 Å². The number of piperidine rings is 1. The van der Waals surface area contributed by atoms with Crippen LogP contribution in [0.1, 0.15) is 50.3 Å². The summed E-state index contributed by atoms with van der Waals surface area (Å²) in [6.45, 7) is 8.30. The SMILES string of the molecule is CCCn1ncc(CN2CCCC(CCC(=O)Nc3ccccc3F)C2)c1C. The third-order valence-corrected chi connectivity index (χ3v) is 5.56. The Hall–Kier alpha value is -2.21. The maximum Gasteiger partial charge on any atom is 0.224 e. The smallest absolute Gasteiger partial charge is 0.224 e. The molecule has 1 N–H and O–H groups in total. The summed E-state index contributed by atoms with van der Waals surface area (Å²) < 4.78 is 15.7. The second-order valence-electron chi connectivity index (χ2n) is 7.79. The van der Waals surface area contributed by atoms with Gasteiger partial charge in [-0.15, -0.1) is 0 Å². The fourth-order valence-corrected chi connectivity index (χ4v) is 3.96. The summed E-state index contributed by atoms with van der Waals surface area (Å²) in [7, 11) is 0. The summed E-state index contributed by atoms with van der Waals surface area (Å²) in [6, 6.07) is 6.30. The van der Waals surface area contributed by atoms with E-state index in [0.717, 1.165) is 51.9 Å². The van der Waals surface area contributed by atoms with Gasteiger partial charge in [-0.25, -0.2) is 4.39 Å². The molecule has 1 aromatic heterocycles. The summed E-state index contributed by atoms with van der Waals surface area (Å²) in [6.07, 6.45) is 6.66. The molecule has 1 aliphatic rings. The molecule has 0 bridgehead atoms. The van der Waals surface area contributed by atoms with Gasteiger partial charge >= 0.3 is 0 Å². The molecule has 28 heavy (non-hydrogen) atoms. The van der Waals surface area contributed by atoms with Crippen molar-refractivity contribution in [1.29, 1.82) is 0 Å². The molecule has 0 spiro atoms. The van der Waals surface area contributed by atoms with Crippen molar-refractivity contribution in [2.45, 2.75) is 59.0 Å². The zero-order valence-corrected chi connectivity index (χ0v) is 17.0. The highest BCUT2D eigenvalue weighted by Crippen LogP contribution is 2.24. The summed E-state index contributed by atoms with van der Waals surface area (Å²) in [5.74, 6) is 0.00343. The van der Waals surface area contributed by atoms with Crippen LogP contribution in [0.4, 0.5) is 10.1 Å². The zero-order chi connectivity index (χ0) is 19.9. The fourth-order valence-electron chi connectivity index (χ4n) is 3.96. The minimum Gasteiger partial charge on any atom is -0.324 e. The quantitative estimate of drug-likeness (QED) is 0.733. The van der Waals surface area contributed by atoms with E-state index >= 15 is 0 Å². The number of carbonyl (C=O) groups excluding carboxylic acids is 1. The van der Waals surface area contributed by atoms with Crippen molar-refractivity contribution in [1.82, 2.24) is 14.7 Å². The van der Waals surface area contributed by atoms with Crippen molar-refractivity contribution >= 4 is 11.6 Å². The van der Waals surface area contributed by atoms with E-state index in [1.54, 1.807) is 18.2 Å². The van der Waals surface area contributed by atoms with Gasteiger partial charge in [0.15, 0.2) is 0 Å². The van der Waals surface area contributed by atoms with Crippen molar-refractivity contribution in [3.05, 3.63) is 47.5 Å². The van der Waals surface area contributed by atoms with E-state index in [1.165, 1.54) is 17.3 Å². The molecule has 1 unspecified atom stereocenters. The van der Waals surface area contributed by atoms with Crippen LogP contribution in [-0.4, -0.2) is 33.7 Å². The van der Waals surface area contributed by atoms with Crippen LogP contribution in [0, 0.1) is 18.7 Å². The highest BCUT2D eigenvalue weighted by molar-refractivity contribution is 5.90. The lowest BCUT2D eigenvalue weighted by Crippen LogP contribution is -2.35. The molecule has 152 valence electrons. The van der Waals surface area contributed by atoms with Crippen molar-refractivity contribution in [3.8, 4) is 0 Å². The topological polar surface area (TPSA) is 50.2 Å². The predicted molar refractivity (Wildman–Crippen MR) is 110 cm³/mol. The second kappa shape index (κ2) is 9.82. The zero-order valence-electron chi connectivity index (χ0n) is 17.0. The van der Waals surface area contributed by atoms with Gasteiger partial charge in [0.05, 0.1) is 11.9 Å². The van der Waals surface area contributed by atoms with E-state index in [4.69, 9.17) is 0 Å². The number of anilines is 1. The molecule has 0 aliphatic carbocycles. The minimum atomic E-state index is -0.390. The van der Waals surface area contributed by atoms with Crippen LogP contribution in [0.25, 0.3) is 0 Å². The Labute approximate surface area is 166 Å². The van der Waals surface area contributed by atoms with Gasteiger partial charge in [0.2, 0.25) is 5.91 Å². The molecule has 1 aromatic carbocycles. The summed E-state index contributed by atoms with van der Waals surface area (Å²) in [5.41, 5.74) is 2.82. The molecule has 2 heterocycles. The van der Waals surface area contributed by atoms with E-state index < -0.39 is 5.82 Å². The minimum absolute atomic E-state index is 0.112. The Morgan fingerprint density at radius 3 is 2.96 bits per heavy atom. The number of carbonyl (C=O) groups is 1. The first-order valence-corrected chi connectivity index (χ1v) is 10.3. The number of halogens is 1. The molecule has 0 saturated carbocycles. The normalized spacial score (nSPS) is 17.6. The van der Waals surface area contributed by atoms with Gasteiger partial charge in [-0.1, -0.05) is 19.1 Å². The lowest BCUT2D eigenvalue weighted by Gasteiger charge is -2.32. The van der Waals surface area contributed by atoms with Gasteiger partial charge in [-0.2, -0.15) is 5.10 Å². The summed E-state index contributed by atoms with van der Waals surface area (Å²) in [5, 5.41) is 7.19. The van der Waals surface area contributed by atoms with Crippen LogP contribution >= 0.6 is 0 Å². The molecule has 1 fully saturated rings. The number of rotatable bonds is 8. The monoisotopic (exact) mass is 386 g/mol. The number of aromatic nitrogens is 2. The molecule has 6 heteroatoms. The van der Waals surface area contributed by atoms with Gasteiger partial charge < -0.3 is 5.32 Å². The van der Waals surface area contributed by atoms with Gasteiger partial charge in [0.1, 0.15) is 5.82 Å². The number of hydrogen-bond acceptors (Lipinski definition) is 3. The number of hydrogen-bond donors (Lipinski definition) is 1. The molecule has 3 rings (SSSR count). The van der Waals surface area contributed by atoms with E-state index in [1.807, 2.05) is 6.20 Å². The maximum atomic E-state index is 13.7. The Bertz CT molecular complexity index is 789. The van der Waals surface area contributed by atoms with Gasteiger partial charge in [0.25, 0.3) is 0 Å². The highest BCUT2D eigenvalue weighted by Gasteiger charge is 2.22.